The molecule has 0 saturated carbocycles. The Labute approximate surface area is 190 Å². The Balaban J connectivity index is 1.61. The molecule has 2 atom stereocenters. The number of carbonyl (C=O) groups is 2. The van der Waals surface area contributed by atoms with Crippen LogP contribution in [0, 0.1) is 12.8 Å². The van der Waals surface area contributed by atoms with Gasteiger partial charge in [-0.1, -0.05) is 69.5 Å². The summed E-state index contributed by atoms with van der Waals surface area (Å²) in [5.74, 6) is 0.309. The molecule has 0 fully saturated rings. The van der Waals surface area contributed by atoms with Gasteiger partial charge in [0.15, 0.2) is 0 Å². The largest absolute Gasteiger partial charge is 0.358 e. The number of benzene rings is 2. The van der Waals surface area contributed by atoms with E-state index >= 15 is 0 Å². The lowest BCUT2D eigenvalue weighted by Crippen LogP contribution is -2.41. The molecular formula is C27H33N3O2. The third-order valence-electron chi connectivity index (χ3n) is 6.72. The SMILES string of the molecule is CCCC[C@H](CC)CNC(=O)CN1C(=O)c2ccccc2[C@H]1c1c(C)[nH]c2ccccc12. The van der Waals surface area contributed by atoms with Crippen LogP contribution in [-0.4, -0.2) is 34.8 Å². The van der Waals surface area contributed by atoms with Crippen molar-refractivity contribution in [1.82, 2.24) is 15.2 Å². The first-order valence-electron chi connectivity index (χ1n) is 11.8. The molecule has 32 heavy (non-hydrogen) atoms. The van der Waals surface area contributed by atoms with Crippen molar-refractivity contribution in [2.24, 2.45) is 5.92 Å². The van der Waals surface area contributed by atoms with E-state index in [4.69, 9.17) is 0 Å². The van der Waals surface area contributed by atoms with Crippen LogP contribution < -0.4 is 5.32 Å². The van der Waals surface area contributed by atoms with E-state index in [1.165, 1.54) is 6.42 Å². The number of hydrogen-bond acceptors (Lipinski definition) is 2. The lowest BCUT2D eigenvalue weighted by molar-refractivity contribution is -0.122. The van der Waals surface area contributed by atoms with E-state index in [-0.39, 0.29) is 24.4 Å². The Hall–Kier alpha value is -3.08. The summed E-state index contributed by atoms with van der Waals surface area (Å²) in [6.45, 7) is 7.12. The van der Waals surface area contributed by atoms with Crippen LogP contribution in [0.5, 0.6) is 0 Å². The summed E-state index contributed by atoms with van der Waals surface area (Å²) in [5.41, 5.74) is 4.79. The van der Waals surface area contributed by atoms with E-state index in [1.807, 2.05) is 49.4 Å². The van der Waals surface area contributed by atoms with Crippen molar-refractivity contribution in [2.45, 2.75) is 52.5 Å². The van der Waals surface area contributed by atoms with Gasteiger partial charge in [-0.2, -0.15) is 0 Å². The van der Waals surface area contributed by atoms with Crippen molar-refractivity contribution in [2.75, 3.05) is 13.1 Å². The molecule has 4 rings (SSSR count). The van der Waals surface area contributed by atoms with Gasteiger partial charge in [-0.05, 0) is 37.0 Å². The molecule has 0 bridgehead atoms. The normalized spacial score (nSPS) is 16.4. The molecule has 1 aromatic heterocycles. The van der Waals surface area contributed by atoms with Crippen LogP contribution in [0.3, 0.4) is 0 Å². The fraction of sp³-hybridized carbons (Fsp3) is 0.407. The maximum atomic E-state index is 13.4. The van der Waals surface area contributed by atoms with E-state index < -0.39 is 0 Å². The van der Waals surface area contributed by atoms with Crippen molar-refractivity contribution in [3.8, 4) is 0 Å². The van der Waals surface area contributed by atoms with Gasteiger partial charge in [0.05, 0.1) is 6.04 Å². The summed E-state index contributed by atoms with van der Waals surface area (Å²) >= 11 is 0. The molecule has 0 saturated heterocycles. The number of aryl methyl sites for hydroxylation is 1. The van der Waals surface area contributed by atoms with Gasteiger partial charge >= 0.3 is 0 Å². The van der Waals surface area contributed by atoms with Gasteiger partial charge < -0.3 is 15.2 Å². The van der Waals surface area contributed by atoms with Crippen LogP contribution in [0.1, 0.15) is 72.8 Å². The highest BCUT2D eigenvalue weighted by Gasteiger charge is 2.40. The third kappa shape index (κ3) is 4.16. The Morgan fingerprint density at radius 2 is 1.88 bits per heavy atom. The first-order valence-corrected chi connectivity index (χ1v) is 11.8. The number of aromatic amines is 1. The molecule has 3 aromatic rings. The van der Waals surface area contributed by atoms with Gasteiger partial charge in [0.2, 0.25) is 5.91 Å². The predicted octanol–water partition coefficient (Wildman–Crippen LogP) is 5.35. The summed E-state index contributed by atoms with van der Waals surface area (Å²) < 4.78 is 0. The molecule has 168 valence electrons. The number of aromatic nitrogens is 1. The van der Waals surface area contributed by atoms with E-state index in [9.17, 15) is 9.59 Å². The van der Waals surface area contributed by atoms with E-state index in [1.54, 1.807) is 4.90 Å². The second kappa shape index (κ2) is 9.60. The second-order valence-electron chi connectivity index (χ2n) is 8.85. The Bertz CT molecular complexity index is 1120. The monoisotopic (exact) mass is 431 g/mol. The molecular weight excluding hydrogens is 398 g/mol. The number of amides is 2. The topological polar surface area (TPSA) is 65.2 Å². The number of unbranched alkanes of at least 4 members (excludes halogenated alkanes) is 1. The van der Waals surface area contributed by atoms with Gasteiger partial charge in [-0.15, -0.1) is 0 Å². The zero-order chi connectivity index (χ0) is 22.7. The van der Waals surface area contributed by atoms with Crippen molar-refractivity contribution in [3.63, 3.8) is 0 Å². The summed E-state index contributed by atoms with van der Waals surface area (Å²) in [7, 11) is 0. The summed E-state index contributed by atoms with van der Waals surface area (Å²) in [4.78, 5) is 31.5. The molecule has 0 radical (unpaired) electrons. The molecule has 2 amide bonds. The average molecular weight is 432 g/mol. The van der Waals surface area contributed by atoms with Gasteiger partial charge in [0.1, 0.15) is 6.54 Å². The first-order chi connectivity index (χ1) is 15.5. The van der Waals surface area contributed by atoms with Gasteiger partial charge in [0.25, 0.3) is 5.91 Å². The smallest absolute Gasteiger partial charge is 0.255 e. The molecule has 2 aromatic carbocycles. The highest BCUT2D eigenvalue weighted by atomic mass is 16.2. The van der Waals surface area contributed by atoms with Gasteiger partial charge in [-0.25, -0.2) is 0 Å². The van der Waals surface area contributed by atoms with Crippen LogP contribution in [0.2, 0.25) is 0 Å². The minimum absolute atomic E-state index is 0.0569. The second-order valence-corrected chi connectivity index (χ2v) is 8.85. The number of nitrogens with zero attached hydrogens (tertiary/aromatic N) is 1. The zero-order valence-electron chi connectivity index (χ0n) is 19.3. The molecule has 2 heterocycles. The van der Waals surface area contributed by atoms with Gasteiger partial charge in [-0.3, -0.25) is 9.59 Å². The number of rotatable bonds is 9. The molecule has 1 aliphatic heterocycles. The summed E-state index contributed by atoms with van der Waals surface area (Å²) in [6, 6.07) is 15.6. The van der Waals surface area contributed by atoms with Crippen molar-refractivity contribution in [1.29, 1.82) is 0 Å². The van der Waals surface area contributed by atoms with E-state index in [2.05, 4.69) is 30.2 Å². The zero-order valence-corrected chi connectivity index (χ0v) is 19.3. The van der Waals surface area contributed by atoms with Crippen molar-refractivity contribution in [3.05, 3.63) is 70.9 Å². The molecule has 2 N–H and O–H groups in total. The van der Waals surface area contributed by atoms with E-state index in [0.717, 1.165) is 47.0 Å². The minimum Gasteiger partial charge on any atom is -0.358 e. The van der Waals surface area contributed by atoms with Crippen molar-refractivity contribution < 1.29 is 9.59 Å². The number of fused-ring (bicyclic) bond motifs is 2. The Morgan fingerprint density at radius 1 is 1.12 bits per heavy atom. The number of hydrogen-bond donors (Lipinski definition) is 2. The fourth-order valence-electron chi connectivity index (χ4n) is 4.91. The highest BCUT2D eigenvalue weighted by Crippen LogP contribution is 2.42. The number of H-pyrrole nitrogens is 1. The molecule has 5 nitrogen and oxygen atoms in total. The maximum absolute atomic E-state index is 13.4. The molecule has 5 heteroatoms. The number of nitrogens with one attached hydrogen (secondary N) is 2. The van der Waals surface area contributed by atoms with Crippen LogP contribution in [-0.2, 0) is 4.79 Å². The maximum Gasteiger partial charge on any atom is 0.255 e. The van der Waals surface area contributed by atoms with Crippen LogP contribution in [0.4, 0.5) is 0 Å². The molecule has 0 aliphatic carbocycles. The Morgan fingerprint density at radius 3 is 2.66 bits per heavy atom. The molecule has 0 spiro atoms. The van der Waals surface area contributed by atoms with Crippen LogP contribution >= 0.6 is 0 Å². The lowest BCUT2D eigenvalue weighted by atomic mass is 9.95. The third-order valence-corrected chi connectivity index (χ3v) is 6.72. The predicted molar refractivity (Wildman–Crippen MR) is 129 cm³/mol. The Kier molecular flexibility index (Phi) is 6.63. The van der Waals surface area contributed by atoms with E-state index in [0.29, 0.717) is 18.0 Å². The fourth-order valence-corrected chi connectivity index (χ4v) is 4.91. The average Bonchev–Trinajstić information content (AvgIpc) is 3.27. The number of carbonyl (C=O) groups excluding carboxylic acids is 2. The highest BCUT2D eigenvalue weighted by molar-refractivity contribution is 6.02. The van der Waals surface area contributed by atoms with Crippen LogP contribution in [0.25, 0.3) is 10.9 Å². The molecule has 1 aliphatic rings. The quantitative estimate of drug-likeness (QED) is 0.479. The lowest BCUT2D eigenvalue weighted by Gasteiger charge is -2.26. The van der Waals surface area contributed by atoms with Crippen molar-refractivity contribution >= 4 is 22.7 Å². The van der Waals surface area contributed by atoms with Crippen LogP contribution in [0.15, 0.2) is 48.5 Å². The first kappa shape index (κ1) is 22.1. The standard InChI is InChI=1S/C27H33N3O2/c1-4-6-11-19(5-2)16-28-24(31)17-30-26(20-12-7-8-13-21(20)27(30)32)25-18(3)29-23-15-10-9-14-22(23)25/h7-10,12-15,19,26,29H,4-6,11,16-17H2,1-3H3,(H,28,31)/t19-,26-/m0/s1. The summed E-state index contributed by atoms with van der Waals surface area (Å²) in [6.07, 6.45) is 4.51. The molecule has 0 unspecified atom stereocenters. The van der Waals surface area contributed by atoms with Gasteiger partial charge in [0, 0.05) is 34.3 Å². The summed E-state index contributed by atoms with van der Waals surface area (Å²) in [5, 5.41) is 4.19. The number of para-hydroxylation sites is 1. The minimum atomic E-state index is -0.275.